The number of anilines is 1. The number of rotatable bonds is 4. The summed E-state index contributed by atoms with van der Waals surface area (Å²) in [4.78, 5) is 9.91. The number of aryl methyl sites for hydroxylation is 1. The molecule has 2 heterocycles. The quantitative estimate of drug-likeness (QED) is 0.763. The van der Waals surface area contributed by atoms with E-state index in [0.29, 0.717) is 17.0 Å². The standard InChI is InChI=1S/C16H16FN3S/c1-3-8-18-14-12-7-9-21-16(12)20-15(19-14)11-6-4-5-10(2)13(11)17/h4-7,9H,3,8H2,1-2H3,(H,18,19,20). The maximum atomic E-state index is 14.3. The highest BCUT2D eigenvalue weighted by atomic mass is 32.1. The van der Waals surface area contributed by atoms with Gasteiger partial charge in [-0.1, -0.05) is 19.1 Å². The topological polar surface area (TPSA) is 37.8 Å². The molecule has 1 N–H and O–H groups in total. The highest BCUT2D eigenvalue weighted by molar-refractivity contribution is 7.16. The fourth-order valence-electron chi connectivity index (χ4n) is 2.17. The lowest BCUT2D eigenvalue weighted by Gasteiger charge is -2.09. The van der Waals surface area contributed by atoms with Gasteiger partial charge in [-0.15, -0.1) is 11.3 Å². The molecular weight excluding hydrogens is 285 g/mol. The van der Waals surface area contributed by atoms with Crippen molar-refractivity contribution in [3.05, 3.63) is 41.0 Å². The Kier molecular flexibility index (Phi) is 3.84. The third-order valence-electron chi connectivity index (χ3n) is 3.30. The zero-order chi connectivity index (χ0) is 14.8. The van der Waals surface area contributed by atoms with Crippen molar-refractivity contribution in [2.24, 2.45) is 0 Å². The highest BCUT2D eigenvalue weighted by Gasteiger charge is 2.14. The molecule has 0 saturated carbocycles. The number of thiophene rings is 1. The van der Waals surface area contributed by atoms with E-state index in [4.69, 9.17) is 0 Å². The van der Waals surface area contributed by atoms with Crippen LogP contribution in [-0.4, -0.2) is 16.5 Å². The van der Waals surface area contributed by atoms with E-state index in [1.165, 1.54) is 0 Å². The molecule has 0 spiro atoms. The van der Waals surface area contributed by atoms with Crippen LogP contribution < -0.4 is 5.32 Å². The molecule has 0 aliphatic carbocycles. The Bertz CT molecular complexity index is 782. The average Bonchev–Trinajstić information content (AvgIpc) is 2.96. The van der Waals surface area contributed by atoms with E-state index in [-0.39, 0.29) is 5.82 Å². The first kappa shape index (κ1) is 13.9. The van der Waals surface area contributed by atoms with Crippen molar-refractivity contribution in [2.45, 2.75) is 20.3 Å². The van der Waals surface area contributed by atoms with Crippen LogP contribution in [0.2, 0.25) is 0 Å². The molecule has 0 amide bonds. The minimum absolute atomic E-state index is 0.255. The molecule has 0 fully saturated rings. The second-order valence-corrected chi connectivity index (χ2v) is 5.79. The van der Waals surface area contributed by atoms with Crippen molar-refractivity contribution in [3.63, 3.8) is 0 Å². The summed E-state index contributed by atoms with van der Waals surface area (Å²) in [5.74, 6) is 0.957. The first-order valence-corrected chi connectivity index (χ1v) is 7.83. The first-order chi connectivity index (χ1) is 10.2. The molecule has 1 aromatic carbocycles. The van der Waals surface area contributed by atoms with Gasteiger partial charge in [0.15, 0.2) is 5.82 Å². The van der Waals surface area contributed by atoms with Crippen molar-refractivity contribution in [3.8, 4) is 11.4 Å². The molecule has 0 atom stereocenters. The Balaban J connectivity index is 2.16. The molecule has 0 aliphatic heterocycles. The van der Waals surface area contributed by atoms with Gasteiger partial charge in [-0.2, -0.15) is 0 Å². The number of halogens is 1. The lowest BCUT2D eigenvalue weighted by atomic mass is 10.1. The minimum atomic E-state index is -0.255. The van der Waals surface area contributed by atoms with Gasteiger partial charge in [-0.3, -0.25) is 0 Å². The minimum Gasteiger partial charge on any atom is -0.369 e. The number of hydrogen-bond acceptors (Lipinski definition) is 4. The Morgan fingerprint density at radius 1 is 1.24 bits per heavy atom. The molecule has 21 heavy (non-hydrogen) atoms. The zero-order valence-corrected chi connectivity index (χ0v) is 12.8. The lowest BCUT2D eigenvalue weighted by Crippen LogP contribution is -2.04. The van der Waals surface area contributed by atoms with Crippen LogP contribution >= 0.6 is 11.3 Å². The average molecular weight is 301 g/mol. The van der Waals surface area contributed by atoms with Gasteiger partial charge >= 0.3 is 0 Å². The van der Waals surface area contributed by atoms with Crippen LogP contribution in [0.25, 0.3) is 21.6 Å². The normalized spacial score (nSPS) is 11.0. The number of nitrogens with one attached hydrogen (secondary N) is 1. The third-order valence-corrected chi connectivity index (χ3v) is 4.11. The molecule has 0 bridgehead atoms. The number of fused-ring (bicyclic) bond motifs is 1. The van der Waals surface area contributed by atoms with Gasteiger partial charge in [0.05, 0.1) is 10.9 Å². The van der Waals surface area contributed by atoms with Crippen LogP contribution in [0.1, 0.15) is 18.9 Å². The van der Waals surface area contributed by atoms with E-state index < -0.39 is 0 Å². The summed E-state index contributed by atoms with van der Waals surface area (Å²) in [6.45, 7) is 4.68. The maximum absolute atomic E-state index is 14.3. The second kappa shape index (κ2) is 5.77. The summed E-state index contributed by atoms with van der Waals surface area (Å²) in [6, 6.07) is 7.29. The van der Waals surface area contributed by atoms with Gasteiger partial charge in [-0.05, 0) is 36.4 Å². The summed E-state index contributed by atoms with van der Waals surface area (Å²) in [5, 5.41) is 6.27. The molecule has 3 rings (SSSR count). The molecule has 3 nitrogen and oxygen atoms in total. The van der Waals surface area contributed by atoms with E-state index in [2.05, 4.69) is 22.2 Å². The second-order valence-electron chi connectivity index (χ2n) is 4.90. The van der Waals surface area contributed by atoms with Crippen molar-refractivity contribution in [2.75, 3.05) is 11.9 Å². The van der Waals surface area contributed by atoms with Gasteiger partial charge in [0.25, 0.3) is 0 Å². The monoisotopic (exact) mass is 301 g/mol. The zero-order valence-electron chi connectivity index (χ0n) is 12.0. The van der Waals surface area contributed by atoms with Gasteiger partial charge in [0.2, 0.25) is 0 Å². The molecule has 3 aromatic rings. The predicted octanol–water partition coefficient (Wildman–Crippen LogP) is 4.63. The van der Waals surface area contributed by atoms with Crippen LogP contribution in [-0.2, 0) is 0 Å². The van der Waals surface area contributed by atoms with Crippen molar-refractivity contribution < 1.29 is 4.39 Å². The molecule has 108 valence electrons. The van der Waals surface area contributed by atoms with Gasteiger partial charge in [0, 0.05) is 6.54 Å². The van der Waals surface area contributed by atoms with Crippen molar-refractivity contribution >= 4 is 27.4 Å². The maximum Gasteiger partial charge on any atom is 0.166 e. The molecule has 2 aromatic heterocycles. The summed E-state index contributed by atoms with van der Waals surface area (Å²) >= 11 is 1.54. The van der Waals surface area contributed by atoms with E-state index in [9.17, 15) is 4.39 Å². The fraction of sp³-hybridized carbons (Fsp3) is 0.250. The van der Waals surface area contributed by atoms with Crippen LogP contribution in [0.5, 0.6) is 0 Å². The molecule has 0 radical (unpaired) electrons. The van der Waals surface area contributed by atoms with E-state index in [1.54, 1.807) is 30.4 Å². The Morgan fingerprint density at radius 3 is 2.90 bits per heavy atom. The smallest absolute Gasteiger partial charge is 0.166 e. The summed E-state index contributed by atoms with van der Waals surface area (Å²) in [7, 11) is 0. The number of benzene rings is 1. The summed E-state index contributed by atoms with van der Waals surface area (Å²) in [6.07, 6.45) is 1.00. The van der Waals surface area contributed by atoms with Crippen molar-refractivity contribution in [1.29, 1.82) is 0 Å². The fourth-order valence-corrected chi connectivity index (χ4v) is 2.94. The van der Waals surface area contributed by atoms with Gasteiger partial charge in [-0.25, -0.2) is 14.4 Å². The lowest BCUT2D eigenvalue weighted by molar-refractivity contribution is 0.621. The molecule has 5 heteroatoms. The SMILES string of the molecule is CCCNc1nc(-c2cccc(C)c2F)nc2sccc12. The van der Waals surface area contributed by atoms with Crippen LogP contribution in [0, 0.1) is 12.7 Å². The van der Waals surface area contributed by atoms with Crippen molar-refractivity contribution in [1.82, 2.24) is 9.97 Å². The predicted molar refractivity (Wildman–Crippen MR) is 86.3 cm³/mol. The number of aromatic nitrogens is 2. The highest BCUT2D eigenvalue weighted by Crippen LogP contribution is 2.30. The molecule has 0 unspecified atom stereocenters. The Labute approximate surface area is 126 Å². The van der Waals surface area contributed by atoms with Crippen LogP contribution in [0.15, 0.2) is 29.6 Å². The molecular formula is C16H16FN3S. The first-order valence-electron chi connectivity index (χ1n) is 6.95. The van der Waals surface area contributed by atoms with Crippen LogP contribution in [0.3, 0.4) is 0 Å². The summed E-state index contributed by atoms with van der Waals surface area (Å²) < 4.78 is 14.3. The van der Waals surface area contributed by atoms with E-state index >= 15 is 0 Å². The number of hydrogen-bond donors (Lipinski definition) is 1. The van der Waals surface area contributed by atoms with Gasteiger partial charge < -0.3 is 5.32 Å². The largest absolute Gasteiger partial charge is 0.369 e. The Morgan fingerprint density at radius 2 is 2.10 bits per heavy atom. The van der Waals surface area contributed by atoms with Gasteiger partial charge in [0.1, 0.15) is 16.5 Å². The molecule has 0 aliphatic rings. The molecule has 0 saturated heterocycles. The Hall–Kier alpha value is -2.01. The third kappa shape index (κ3) is 2.61. The number of nitrogens with zero attached hydrogens (tertiary/aromatic N) is 2. The summed E-state index contributed by atoms with van der Waals surface area (Å²) in [5.41, 5.74) is 1.05. The van der Waals surface area contributed by atoms with E-state index in [0.717, 1.165) is 29.0 Å². The van der Waals surface area contributed by atoms with E-state index in [1.807, 2.05) is 17.5 Å². The van der Waals surface area contributed by atoms with Crippen LogP contribution in [0.4, 0.5) is 10.2 Å².